The van der Waals surface area contributed by atoms with E-state index in [0.717, 1.165) is 24.1 Å². The number of aromatic amines is 1. The van der Waals surface area contributed by atoms with E-state index in [0.29, 0.717) is 28.8 Å². The summed E-state index contributed by atoms with van der Waals surface area (Å²) in [5.74, 6) is 0.431. The molecule has 0 amide bonds. The second-order valence-corrected chi connectivity index (χ2v) is 13.8. The van der Waals surface area contributed by atoms with Crippen molar-refractivity contribution in [3.8, 4) is 0 Å². The van der Waals surface area contributed by atoms with Crippen LogP contribution in [0.4, 0.5) is 0 Å². The fourth-order valence-electron chi connectivity index (χ4n) is 4.75. The Kier molecular flexibility index (Phi) is 22.6. The van der Waals surface area contributed by atoms with E-state index in [1.165, 1.54) is 69.9 Å². The van der Waals surface area contributed by atoms with Crippen molar-refractivity contribution in [2.75, 3.05) is 0 Å². The fourth-order valence-corrected chi connectivity index (χ4v) is 6.41. The number of imidazole rings is 1. The van der Waals surface area contributed by atoms with Gasteiger partial charge >= 0.3 is 103 Å². The zero-order chi connectivity index (χ0) is 28.2. The molecule has 1 aromatic carbocycles. The molecule has 13 heteroatoms. The Balaban J connectivity index is 0.00000760. The number of aryl methyl sites for hydroxylation is 1. The predicted octanol–water partition coefficient (Wildman–Crippen LogP) is 0.345. The van der Waals surface area contributed by atoms with Crippen LogP contribution in [0.3, 0.4) is 0 Å². The smallest absolute Gasteiger partial charge is 0.748 e. The maximum Gasteiger partial charge on any atom is 1.00 e. The topological polar surface area (TPSA) is 143 Å². The number of benzene rings is 1. The fraction of sp³-hybridized carbons (Fsp3) is 0.704. The van der Waals surface area contributed by atoms with E-state index in [1.807, 2.05) is 0 Å². The largest absolute Gasteiger partial charge is 1.00 e. The monoisotopic (exact) mass is 664 g/mol. The number of rotatable bonds is 20. The Bertz CT molecular complexity index is 1250. The first kappa shape index (κ1) is 41.9. The molecule has 0 saturated heterocycles. The van der Waals surface area contributed by atoms with E-state index in [-0.39, 0.29) is 127 Å². The number of fused-ring (bicyclic) bond motifs is 1. The number of nitrogens with one attached hydrogen (secondary N) is 1. The molecule has 0 radical (unpaired) electrons. The van der Waals surface area contributed by atoms with Gasteiger partial charge in [-0.05, 0) is 48.2 Å². The summed E-state index contributed by atoms with van der Waals surface area (Å²) in [5, 5.41) is -1.02. The summed E-state index contributed by atoms with van der Waals surface area (Å²) in [6.07, 6.45) is 15.2. The van der Waals surface area contributed by atoms with Gasteiger partial charge < -0.3 is 14.1 Å². The molecule has 2 rings (SSSR count). The summed E-state index contributed by atoms with van der Waals surface area (Å²) in [6, 6.07) is 2.57. The molecule has 1 aromatic heterocycles. The Morgan fingerprint density at radius 3 is 1.95 bits per heavy atom. The molecule has 0 aliphatic rings. The van der Waals surface area contributed by atoms with Crippen molar-refractivity contribution in [3.05, 3.63) is 23.5 Å². The maximum atomic E-state index is 11.7. The Hall–Kier alpha value is 1.87. The third-order valence-electron chi connectivity index (χ3n) is 6.99. The summed E-state index contributed by atoms with van der Waals surface area (Å²) in [6.45, 7) is 3.87. The molecule has 8 nitrogen and oxygen atoms in total. The van der Waals surface area contributed by atoms with Crippen LogP contribution in [0, 0.1) is 0 Å². The molecule has 1 heterocycles. The van der Waals surface area contributed by atoms with Crippen molar-refractivity contribution in [2.45, 2.75) is 127 Å². The molecule has 0 aliphatic heterocycles. The summed E-state index contributed by atoms with van der Waals surface area (Å²) in [5.41, 5.74) is 1.44. The number of unbranched alkanes of at least 4 members (excludes halogenated alkanes) is 10. The van der Waals surface area contributed by atoms with Crippen LogP contribution in [-0.4, -0.2) is 46.0 Å². The minimum Gasteiger partial charge on any atom is -0.748 e. The van der Waals surface area contributed by atoms with Crippen LogP contribution in [0.25, 0.3) is 11.0 Å². The van der Waals surface area contributed by atoms with Crippen molar-refractivity contribution in [1.29, 1.82) is 0 Å². The molecular weight excluding hydrogens is 623 g/mol. The van der Waals surface area contributed by atoms with E-state index >= 15 is 0 Å². The minimum atomic E-state index is -4.69. The summed E-state index contributed by atoms with van der Waals surface area (Å²) in [4.78, 5) is 7.93. The average molecular weight is 665 g/mol. The molecule has 216 valence electrons. The van der Waals surface area contributed by atoms with E-state index in [9.17, 15) is 25.9 Å². The first-order chi connectivity index (χ1) is 18.0. The Labute approximate surface area is 331 Å². The number of hydrogen-bond acceptors (Lipinski definition) is 8. The van der Waals surface area contributed by atoms with Gasteiger partial charge in [0.15, 0.2) is 0 Å². The van der Waals surface area contributed by atoms with Gasteiger partial charge in [-0.2, -0.15) is 0 Å². The molecule has 1 atom stereocenters. The van der Waals surface area contributed by atoms with Gasteiger partial charge in [0.05, 0.1) is 26.0 Å². The van der Waals surface area contributed by atoms with Crippen LogP contribution in [0.5, 0.6) is 0 Å². The van der Waals surface area contributed by atoms with Crippen LogP contribution < -0.4 is 103 Å². The number of hydrogen-bond donors (Lipinski definition) is 1. The van der Waals surface area contributed by atoms with Gasteiger partial charge in [-0.3, -0.25) is 0 Å². The molecule has 40 heavy (non-hydrogen) atoms. The van der Waals surface area contributed by atoms with Gasteiger partial charge in [0.1, 0.15) is 15.9 Å². The molecular formula is C27H42K2N2O6S3. The predicted molar refractivity (Wildman–Crippen MR) is 154 cm³/mol. The zero-order valence-electron chi connectivity index (χ0n) is 24.7. The summed E-state index contributed by atoms with van der Waals surface area (Å²) < 4.78 is 69.4. The molecule has 1 unspecified atom stereocenters. The van der Waals surface area contributed by atoms with Gasteiger partial charge in [-0.15, -0.1) is 0 Å². The standard InChI is InChI=1S/C27H44N2O6S3.2K/c1-3-5-6-7-8-9-10-11-12-13-14-15-22(36)18-21-19-24(38(33,34)35)20-25-27(21)29-26(28-25)17-16-23(4-2)37(30,31)32;;/h19-20,23H,3-18H2,1-2H3,(H,28,29)(H,30,31,32)(H,33,34,35);;/q;2*+1/p-2. The molecule has 0 aliphatic carbocycles. The van der Waals surface area contributed by atoms with Gasteiger partial charge in [0.25, 0.3) is 0 Å². The molecule has 0 bridgehead atoms. The van der Waals surface area contributed by atoms with Gasteiger partial charge in [-0.25, -0.2) is 21.8 Å². The molecule has 0 fully saturated rings. The maximum absolute atomic E-state index is 11.7. The SMILES string of the molecule is CCCCCCCCCCCCCC(=S)Cc1cc(S(=O)(=O)[O-])cc2[nH]c(CCC(CC)S(=O)(=O)[O-])nc12.[K+].[K+]. The summed E-state index contributed by atoms with van der Waals surface area (Å²) in [7, 11) is -9.11. The van der Waals surface area contributed by atoms with E-state index in [4.69, 9.17) is 12.2 Å². The van der Waals surface area contributed by atoms with Crippen molar-refractivity contribution < 1.29 is 129 Å². The van der Waals surface area contributed by atoms with Crippen LogP contribution in [0.1, 0.15) is 115 Å². The van der Waals surface area contributed by atoms with Crippen LogP contribution in [-0.2, 0) is 33.1 Å². The van der Waals surface area contributed by atoms with Crippen LogP contribution >= 0.6 is 12.2 Å². The van der Waals surface area contributed by atoms with Crippen LogP contribution in [0.15, 0.2) is 17.0 Å². The third kappa shape index (κ3) is 15.7. The second-order valence-electron chi connectivity index (χ2n) is 10.2. The number of thiocarbonyl (C=S) groups is 1. The van der Waals surface area contributed by atoms with Crippen molar-refractivity contribution >= 4 is 48.4 Å². The Morgan fingerprint density at radius 2 is 1.45 bits per heavy atom. The van der Waals surface area contributed by atoms with E-state index in [2.05, 4.69) is 16.9 Å². The van der Waals surface area contributed by atoms with E-state index < -0.39 is 25.5 Å². The summed E-state index contributed by atoms with van der Waals surface area (Å²) >= 11 is 5.59. The third-order valence-corrected chi connectivity index (χ3v) is 9.54. The second kappa shape index (κ2) is 21.6. The van der Waals surface area contributed by atoms with Crippen LogP contribution in [0.2, 0.25) is 0 Å². The molecule has 2 aromatic rings. The number of aromatic nitrogens is 2. The quantitative estimate of drug-likeness (QED) is 0.0925. The number of H-pyrrole nitrogens is 1. The van der Waals surface area contributed by atoms with E-state index in [1.54, 1.807) is 6.92 Å². The first-order valence-corrected chi connectivity index (χ1v) is 17.2. The Morgan fingerprint density at radius 1 is 0.900 bits per heavy atom. The van der Waals surface area contributed by atoms with Crippen molar-refractivity contribution in [1.82, 2.24) is 9.97 Å². The number of nitrogens with zero attached hydrogens (tertiary/aromatic N) is 1. The van der Waals surface area contributed by atoms with Gasteiger partial charge in [0.2, 0.25) is 0 Å². The normalized spacial score (nSPS) is 12.6. The molecule has 1 N–H and O–H groups in total. The van der Waals surface area contributed by atoms with Crippen molar-refractivity contribution in [2.24, 2.45) is 0 Å². The average Bonchev–Trinajstić information content (AvgIpc) is 3.25. The minimum absolute atomic E-state index is 0. The van der Waals surface area contributed by atoms with Gasteiger partial charge in [0, 0.05) is 18.1 Å². The molecule has 0 spiro atoms. The zero-order valence-corrected chi connectivity index (χ0v) is 33.4. The molecule has 0 saturated carbocycles. The first-order valence-electron chi connectivity index (χ1n) is 13.9. The van der Waals surface area contributed by atoms with Crippen molar-refractivity contribution in [3.63, 3.8) is 0 Å². The van der Waals surface area contributed by atoms with Gasteiger partial charge in [-0.1, -0.05) is 90.3 Å².